The van der Waals surface area contributed by atoms with Crippen molar-refractivity contribution in [1.82, 2.24) is 5.32 Å². The first-order valence-corrected chi connectivity index (χ1v) is 8.71. The molecule has 0 bridgehead atoms. The molecule has 0 spiro atoms. The molecule has 0 radical (unpaired) electrons. The van der Waals surface area contributed by atoms with Gasteiger partial charge in [0.05, 0.1) is 6.04 Å². The molecule has 2 aromatic rings. The minimum Gasteiger partial charge on any atom is -0.491 e. The number of ether oxygens (including phenoxy) is 2. The van der Waals surface area contributed by atoms with E-state index in [2.05, 4.69) is 5.32 Å². The number of amides is 1. The lowest BCUT2D eigenvalue weighted by Gasteiger charge is -2.21. The van der Waals surface area contributed by atoms with E-state index in [4.69, 9.17) is 9.47 Å². The van der Waals surface area contributed by atoms with E-state index in [1.165, 1.54) is 5.56 Å². The van der Waals surface area contributed by atoms with Gasteiger partial charge in [0.2, 0.25) is 0 Å². The van der Waals surface area contributed by atoms with Gasteiger partial charge in [0, 0.05) is 0 Å². The third kappa shape index (κ3) is 6.14. The van der Waals surface area contributed by atoms with Crippen LogP contribution in [0.3, 0.4) is 0 Å². The first-order valence-electron chi connectivity index (χ1n) is 8.71. The van der Waals surface area contributed by atoms with Crippen LogP contribution >= 0.6 is 0 Å². The van der Waals surface area contributed by atoms with Crippen LogP contribution in [0.25, 0.3) is 0 Å². The number of hydrogen-bond acceptors (Lipinski definition) is 3. The summed E-state index contributed by atoms with van der Waals surface area (Å²) in [5.41, 5.74) is 2.35. The zero-order valence-electron chi connectivity index (χ0n) is 15.4. The Labute approximate surface area is 150 Å². The van der Waals surface area contributed by atoms with Crippen LogP contribution in [0.1, 0.15) is 31.4 Å². The normalized spacial score (nSPS) is 13.0. The molecule has 2 aromatic carbocycles. The molecule has 0 saturated heterocycles. The van der Waals surface area contributed by atoms with E-state index in [-0.39, 0.29) is 11.9 Å². The number of aryl methyl sites for hydroxylation is 2. The van der Waals surface area contributed by atoms with Crippen molar-refractivity contribution in [3.05, 3.63) is 59.7 Å². The maximum Gasteiger partial charge on any atom is 0.261 e. The molecule has 2 rings (SSSR count). The Bertz CT molecular complexity index is 665. The van der Waals surface area contributed by atoms with E-state index in [1.807, 2.05) is 76.2 Å². The van der Waals surface area contributed by atoms with E-state index in [0.717, 1.165) is 11.3 Å². The summed E-state index contributed by atoms with van der Waals surface area (Å²) in [6.45, 7) is 8.32. The highest BCUT2D eigenvalue weighted by atomic mass is 16.5. The fourth-order valence-electron chi connectivity index (χ4n) is 2.34. The summed E-state index contributed by atoms with van der Waals surface area (Å²) < 4.78 is 11.5. The van der Waals surface area contributed by atoms with Crippen LogP contribution in [-0.4, -0.2) is 24.7 Å². The molecule has 25 heavy (non-hydrogen) atoms. The van der Waals surface area contributed by atoms with Gasteiger partial charge in [0.1, 0.15) is 18.1 Å². The Kier molecular flexibility index (Phi) is 6.87. The summed E-state index contributed by atoms with van der Waals surface area (Å²) in [4.78, 5) is 12.4. The first-order chi connectivity index (χ1) is 12.0. The van der Waals surface area contributed by atoms with Crippen molar-refractivity contribution >= 4 is 5.91 Å². The van der Waals surface area contributed by atoms with Crippen molar-refractivity contribution in [3.8, 4) is 11.5 Å². The topological polar surface area (TPSA) is 47.6 Å². The third-order valence-corrected chi connectivity index (χ3v) is 3.87. The SMILES string of the molecule is CC[C@H](Oc1ccc(C)cc1)C(=O)N[C@H](C)COc1ccc(C)cc1. The van der Waals surface area contributed by atoms with Crippen LogP contribution in [0, 0.1) is 13.8 Å². The highest BCUT2D eigenvalue weighted by molar-refractivity contribution is 5.81. The second kappa shape index (κ2) is 9.11. The van der Waals surface area contributed by atoms with Crippen molar-refractivity contribution < 1.29 is 14.3 Å². The molecule has 2 atom stereocenters. The van der Waals surface area contributed by atoms with Gasteiger partial charge < -0.3 is 14.8 Å². The standard InChI is InChI=1S/C21H27NO3/c1-5-20(25-19-12-8-16(3)9-13-19)21(23)22-17(4)14-24-18-10-6-15(2)7-11-18/h6-13,17,20H,5,14H2,1-4H3,(H,22,23)/t17-,20+/m1/s1. The van der Waals surface area contributed by atoms with Gasteiger partial charge in [-0.3, -0.25) is 4.79 Å². The molecule has 1 N–H and O–H groups in total. The monoisotopic (exact) mass is 341 g/mol. The summed E-state index contributed by atoms with van der Waals surface area (Å²) in [6.07, 6.45) is 0.0927. The number of benzene rings is 2. The second-order valence-corrected chi connectivity index (χ2v) is 6.36. The number of hydrogen-bond donors (Lipinski definition) is 1. The Hall–Kier alpha value is -2.49. The highest BCUT2D eigenvalue weighted by Gasteiger charge is 2.20. The van der Waals surface area contributed by atoms with Gasteiger partial charge in [-0.15, -0.1) is 0 Å². The minimum absolute atomic E-state index is 0.107. The van der Waals surface area contributed by atoms with Crippen molar-refractivity contribution in [2.75, 3.05) is 6.61 Å². The molecule has 0 heterocycles. The first kappa shape index (κ1) is 18.8. The Morgan fingerprint density at radius 3 is 2.00 bits per heavy atom. The van der Waals surface area contributed by atoms with Gasteiger partial charge >= 0.3 is 0 Å². The molecule has 0 aliphatic heterocycles. The molecule has 0 fully saturated rings. The molecular formula is C21H27NO3. The summed E-state index contributed by atoms with van der Waals surface area (Å²) in [7, 11) is 0. The van der Waals surface area contributed by atoms with Gasteiger partial charge in [-0.2, -0.15) is 0 Å². The Balaban J connectivity index is 1.83. The average molecular weight is 341 g/mol. The summed E-state index contributed by atoms with van der Waals surface area (Å²) in [5, 5.41) is 2.96. The van der Waals surface area contributed by atoms with Gasteiger partial charge in [-0.25, -0.2) is 0 Å². The summed E-state index contributed by atoms with van der Waals surface area (Å²) in [6, 6.07) is 15.5. The van der Waals surface area contributed by atoms with Gasteiger partial charge in [-0.05, 0) is 51.5 Å². The molecular weight excluding hydrogens is 314 g/mol. The maximum atomic E-state index is 12.4. The predicted octanol–water partition coefficient (Wildman–Crippen LogP) is 4.04. The maximum absolute atomic E-state index is 12.4. The molecule has 1 amide bonds. The molecule has 0 aliphatic rings. The van der Waals surface area contributed by atoms with Crippen LogP contribution in [0.4, 0.5) is 0 Å². The minimum atomic E-state index is -0.510. The van der Waals surface area contributed by atoms with E-state index >= 15 is 0 Å². The zero-order chi connectivity index (χ0) is 18.2. The smallest absolute Gasteiger partial charge is 0.261 e. The summed E-state index contributed by atoms with van der Waals surface area (Å²) >= 11 is 0. The van der Waals surface area contributed by atoms with Gasteiger partial charge in [0.15, 0.2) is 6.10 Å². The molecule has 134 valence electrons. The van der Waals surface area contributed by atoms with Crippen LogP contribution in [0.2, 0.25) is 0 Å². The number of nitrogens with one attached hydrogen (secondary N) is 1. The number of rotatable bonds is 8. The molecule has 0 aliphatic carbocycles. The van der Waals surface area contributed by atoms with Gasteiger partial charge in [0.25, 0.3) is 5.91 Å². The van der Waals surface area contributed by atoms with Gasteiger partial charge in [-0.1, -0.05) is 42.3 Å². The highest BCUT2D eigenvalue weighted by Crippen LogP contribution is 2.15. The fourth-order valence-corrected chi connectivity index (χ4v) is 2.34. The van der Waals surface area contributed by atoms with Crippen molar-refractivity contribution in [1.29, 1.82) is 0 Å². The van der Waals surface area contributed by atoms with Crippen molar-refractivity contribution in [2.45, 2.75) is 46.3 Å². The summed E-state index contributed by atoms with van der Waals surface area (Å²) in [5.74, 6) is 1.38. The molecule has 0 aromatic heterocycles. The lowest BCUT2D eigenvalue weighted by molar-refractivity contribution is -0.128. The van der Waals surface area contributed by atoms with Crippen LogP contribution in [0.5, 0.6) is 11.5 Å². The average Bonchev–Trinajstić information content (AvgIpc) is 2.60. The second-order valence-electron chi connectivity index (χ2n) is 6.36. The number of carbonyl (C=O) groups excluding carboxylic acids is 1. The van der Waals surface area contributed by atoms with Crippen molar-refractivity contribution in [3.63, 3.8) is 0 Å². The van der Waals surface area contributed by atoms with E-state index < -0.39 is 6.10 Å². The van der Waals surface area contributed by atoms with E-state index in [0.29, 0.717) is 18.8 Å². The number of carbonyl (C=O) groups is 1. The lowest BCUT2D eigenvalue weighted by atomic mass is 10.2. The van der Waals surface area contributed by atoms with Crippen LogP contribution in [0.15, 0.2) is 48.5 Å². The molecule has 4 heteroatoms. The Morgan fingerprint density at radius 2 is 1.48 bits per heavy atom. The van der Waals surface area contributed by atoms with Crippen LogP contribution < -0.4 is 14.8 Å². The van der Waals surface area contributed by atoms with Crippen LogP contribution in [-0.2, 0) is 4.79 Å². The molecule has 0 unspecified atom stereocenters. The van der Waals surface area contributed by atoms with E-state index in [9.17, 15) is 4.79 Å². The lowest BCUT2D eigenvalue weighted by Crippen LogP contribution is -2.44. The largest absolute Gasteiger partial charge is 0.491 e. The predicted molar refractivity (Wildman–Crippen MR) is 100 cm³/mol. The third-order valence-electron chi connectivity index (χ3n) is 3.87. The Morgan fingerprint density at radius 1 is 0.960 bits per heavy atom. The quantitative estimate of drug-likeness (QED) is 0.788. The molecule has 4 nitrogen and oxygen atoms in total. The fraction of sp³-hybridized carbons (Fsp3) is 0.381. The molecule has 0 saturated carbocycles. The van der Waals surface area contributed by atoms with Crippen molar-refractivity contribution in [2.24, 2.45) is 0 Å². The zero-order valence-corrected chi connectivity index (χ0v) is 15.4. The van der Waals surface area contributed by atoms with E-state index in [1.54, 1.807) is 0 Å².